The molecule has 0 saturated heterocycles. The van der Waals surface area contributed by atoms with E-state index in [-0.39, 0.29) is 17.7 Å². The van der Waals surface area contributed by atoms with E-state index in [1.54, 1.807) is 19.0 Å². The topological polar surface area (TPSA) is 85.8 Å². The molecule has 1 saturated carbocycles. The van der Waals surface area contributed by atoms with Gasteiger partial charge in [-0.3, -0.25) is 9.59 Å². The summed E-state index contributed by atoms with van der Waals surface area (Å²) in [6.45, 7) is 4.00. The van der Waals surface area contributed by atoms with Crippen LogP contribution in [0.4, 0.5) is 5.69 Å². The molecule has 1 aliphatic rings. The number of benzene rings is 2. The average Bonchev–Trinajstić information content (AvgIpc) is 2.76. The second-order valence-corrected chi connectivity index (χ2v) is 8.59. The van der Waals surface area contributed by atoms with Crippen molar-refractivity contribution in [1.82, 2.24) is 15.5 Å². The lowest BCUT2D eigenvalue weighted by Gasteiger charge is -2.24. The van der Waals surface area contributed by atoms with E-state index in [1.807, 2.05) is 55.5 Å². The van der Waals surface area contributed by atoms with Gasteiger partial charge < -0.3 is 20.9 Å². The molecule has 1 fully saturated rings. The highest BCUT2D eigenvalue weighted by Crippen LogP contribution is 2.27. The highest BCUT2D eigenvalue weighted by molar-refractivity contribution is 5.94. The van der Waals surface area contributed by atoms with Crippen molar-refractivity contribution in [3.05, 3.63) is 65.2 Å². The summed E-state index contributed by atoms with van der Waals surface area (Å²) in [5.74, 6) is 1.03. The maximum absolute atomic E-state index is 12.2. The molecule has 3 N–H and O–H groups in total. The Bertz CT molecular complexity index is 982. The average molecular weight is 450 g/mol. The number of nitrogens with one attached hydrogen (secondary N) is 3. The van der Waals surface area contributed by atoms with Crippen molar-refractivity contribution in [3.8, 4) is 0 Å². The standard InChI is InChI=1S/C26H35N5O2/c1-4-27-26(28-15-14-19-8-5-12-22(16-19)25(33)31(2)3)29-18-20-9-6-13-23(17-20)30-24(32)21-10-7-11-21/h5-6,8-9,12-13,16-17,21H,4,7,10-11,14-15,18H2,1-3H3,(H,30,32)(H2,27,28,29). The summed E-state index contributed by atoms with van der Waals surface area (Å²) < 4.78 is 0. The van der Waals surface area contributed by atoms with Crippen LogP contribution >= 0.6 is 0 Å². The number of guanidine groups is 1. The fourth-order valence-electron chi connectivity index (χ4n) is 3.62. The Morgan fingerprint density at radius 3 is 2.48 bits per heavy atom. The molecule has 0 heterocycles. The number of carbonyl (C=O) groups is 2. The monoisotopic (exact) mass is 449 g/mol. The maximum atomic E-state index is 12.2. The van der Waals surface area contributed by atoms with Crippen molar-refractivity contribution in [2.24, 2.45) is 10.9 Å². The highest BCUT2D eigenvalue weighted by Gasteiger charge is 2.25. The van der Waals surface area contributed by atoms with Gasteiger partial charge in [0.25, 0.3) is 5.91 Å². The molecule has 7 nitrogen and oxygen atoms in total. The van der Waals surface area contributed by atoms with Gasteiger partial charge in [-0.05, 0) is 61.6 Å². The van der Waals surface area contributed by atoms with Crippen LogP contribution in [0.15, 0.2) is 53.5 Å². The molecule has 0 radical (unpaired) electrons. The van der Waals surface area contributed by atoms with Gasteiger partial charge in [-0.15, -0.1) is 0 Å². The molecule has 0 aromatic heterocycles. The summed E-state index contributed by atoms with van der Waals surface area (Å²) in [6, 6.07) is 15.6. The number of hydrogen-bond donors (Lipinski definition) is 3. The Labute approximate surface area is 196 Å². The molecule has 0 aliphatic heterocycles. The molecule has 3 rings (SSSR count). The van der Waals surface area contributed by atoms with Gasteiger partial charge in [0.2, 0.25) is 5.91 Å². The Balaban J connectivity index is 1.54. The summed E-state index contributed by atoms with van der Waals surface area (Å²) in [6.07, 6.45) is 3.90. The zero-order chi connectivity index (χ0) is 23.6. The first-order valence-corrected chi connectivity index (χ1v) is 11.7. The molecule has 7 heteroatoms. The maximum Gasteiger partial charge on any atom is 0.253 e. The van der Waals surface area contributed by atoms with E-state index in [0.29, 0.717) is 18.7 Å². The van der Waals surface area contributed by atoms with Crippen LogP contribution < -0.4 is 16.0 Å². The molecule has 0 atom stereocenters. The Morgan fingerprint density at radius 2 is 1.79 bits per heavy atom. The molecule has 0 spiro atoms. The van der Waals surface area contributed by atoms with Crippen molar-refractivity contribution in [3.63, 3.8) is 0 Å². The summed E-state index contributed by atoms with van der Waals surface area (Å²) in [7, 11) is 3.52. The minimum absolute atomic E-state index is 0.00539. The molecule has 0 unspecified atom stereocenters. The molecule has 1 aliphatic carbocycles. The van der Waals surface area contributed by atoms with Gasteiger partial charge in [0, 0.05) is 44.4 Å². The van der Waals surface area contributed by atoms with E-state index < -0.39 is 0 Å². The van der Waals surface area contributed by atoms with Crippen molar-refractivity contribution in [2.45, 2.75) is 39.2 Å². The Hall–Kier alpha value is -3.35. The van der Waals surface area contributed by atoms with Crippen LogP contribution in [0.25, 0.3) is 0 Å². The van der Waals surface area contributed by atoms with E-state index in [9.17, 15) is 9.59 Å². The SMILES string of the molecule is CCNC(=NCc1cccc(NC(=O)C2CCC2)c1)NCCc1cccc(C(=O)N(C)C)c1. The minimum Gasteiger partial charge on any atom is -0.357 e. The van der Waals surface area contributed by atoms with Crippen LogP contribution in [0.3, 0.4) is 0 Å². The number of hydrogen-bond acceptors (Lipinski definition) is 3. The second-order valence-electron chi connectivity index (χ2n) is 8.59. The number of aliphatic imine (C=N–C) groups is 1. The van der Waals surface area contributed by atoms with Crippen molar-refractivity contribution in [1.29, 1.82) is 0 Å². The molecule has 2 aromatic rings. The smallest absolute Gasteiger partial charge is 0.253 e. The van der Waals surface area contributed by atoms with E-state index in [2.05, 4.69) is 20.9 Å². The zero-order valence-corrected chi connectivity index (χ0v) is 19.9. The van der Waals surface area contributed by atoms with E-state index in [0.717, 1.165) is 55.0 Å². The quantitative estimate of drug-likeness (QED) is 0.404. The van der Waals surface area contributed by atoms with Crippen LogP contribution in [-0.2, 0) is 17.8 Å². The Morgan fingerprint density at radius 1 is 1.03 bits per heavy atom. The van der Waals surface area contributed by atoms with Crippen molar-refractivity contribution in [2.75, 3.05) is 32.5 Å². The summed E-state index contributed by atoms with van der Waals surface area (Å²) in [5, 5.41) is 9.65. The molecule has 0 bridgehead atoms. The van der Waals surface area contributed by atoms with Gasteiger partial charge in [-0.1, -0.05) is 30.7 Å². The van der Waals surface area contributed by atoms with Crippen LogP contribution in [0, 0.1) is 5.92 Å². The first kappa shape index (κ1) is 24.3. The minimum atomic E-state index is 0.00539. The third-order valence-electron chi connectivity index (χ3n) is 5.72. The molecule has 2 amide bonds. The number of anilines is 1. The fraction of sp³-hybridized carbons (Fsp3) is 0.423. The Kier molecular flexibility index (Phi) is 8.87. The van der Waals surface area contributed by atoms with Gasteiger partial charge in [-0.25, -0.2) is 4.99 Å². The summed E-state index contributed by atoms with van der Waals surface area (Å²) >= 11 is 0. The molecule has 176 valence electrons. The van der Waals surface area contributed by atoms with Gasteiger partial charge >= 0.3 is 0 Å². The van der Waals surface area contributed by atoms with Crippen LogP contribution in [-0.4, -0.2) is 49.9 Å². The van der Waals surface area contributed by atoms with Gasteiger partial charge in [0.05, 0.1) is 6.54 Å². The largest absolute Gasteiger partial charge is 0.357 e. The van der Waals surface area contributed by atoms with E-state index >= 15 is 0 Å². The van der Waals surface area contributed by atoms with Gasteiger partial charge in [0.15, 0.2) is 5.96 Å². The second kappa shape index (κ2) is 12.0. The lowest BCUT2D eigenvalue weighted by Crippen LogP contribution is -2.38. The first-order valence-electron chi connectivity index (χ1n) is 11.7. The van der Waals surface area contributed by atoms with E-state index in [4.69, 9.17) is 0 Å². The molecule has 33 heavy (non-hydrogen) atoms. The number of amides is 2. The summed E-state index contributed by atoms with van der Waals surface area (Å²) in [4.78, 5) is 30.7. The van der Waals surface area contributed by atoms with Crippen molar-refractivity contribution >= 4 is 23.5 Å². The normalized spacial score (nSPS) is 13.7. The van der Waals surface area contributed by atoms with Crippen LogP contribution in [0.1, 0.15) is 47.7 Å². The lowest BCUT2D eigenvalue weighted by molar-refractivity contribution is -0.122. The van der Waals surface area contributed by atoms with Crippen molar-refractivity contribution < 1.29 is 9.59 Å². The number of nitrogens with zero attached hydrogens (tertiary/aromatic N) is 2. The highest BCUT2D eigenvalue weighted by atomic mass is 16.2. The molecule has 2 aromatic carbocycles. The first-order chi connectivity index (χ1) is 16.0. The van der Waals surface area contributed by atoms with Gasteiger partial charge in [0.1, 0.15) is 0 Å². The van der Waals surface area contributed by atoms with E-state index in [1.165, 1.54) is 0 Å². The summed E-state index contributed by atoms with van der Waals surface area (Å²) in [5.41, 5.74) is 3.65. The van der Waals surface area contributed by atoms with Crippen LogP contribution in [0.5, 0.6) is 0 Å². The third kappa shape index (κ3) is 7.34. The number of carbonyl (C=O) groups excluding carboxylic acids is 2. The third-order valence-corrected chi connectivity index (χ3v) is 5.72. The van der Waals surface area contributed by atoms with Gasteiger partial charge in [-0.2, -0.15) is 0 Å². The van der Waals surface area contributed by atoms with Crippen LogP contribution in [0.2, 0.25) is 0 Å². The number of rotatable bonds is 9. The molecular weight excluding hydrogens is 414 g/mol. The fourth-order valence-corrected chi connectivity index (χ4v) is 3.62. The lowest BCUT2D eigenvalue weighted by atomic mass is 9.85. The zero-order valence-electron chi connectivity index (χ0n) is 19.9. The predicted molar refractivity (Wildman–Crippen MR) is 133 cm³/mol. The molecular formula is C26H35N5O2. The predicted octanol–water partition coefficient (Wildman–Crippen LogP) is 3.42.